The van der Waals surface area contributed by atoms with Crippen LogP contribution in [0.25, 0.3) is 0 Å². The van der Waals surface area contributed by atoms with Gasteiger partial charge in [0.15, 0.2) is 5.82 Å². The van der Waals surface area contributed by atoms with Gasteiger partial charge in [0.05, 0.1) is 5.69 Å². The maximum atomic E-state index is 12.5. The maximum absolute atomic E-state index is 12.5. The highest BCUT2D eigenvalue weighted by atomic mass is 32.2. The van der Waals surface area contributed by atoms with Gasteiger partial charge in [0.1, 0.15) is 4.90 Å². The van der Waals surface area contributed by atoms with Crippen LogP contribution in [0.5, 0.6) is 0 Å². The molecule has 0 radical (unpaired) electrons. The van der Waals surface area contributed by atoms with Crippen LogP contribution in [0.3, 0.4) is 0 Å². The number of pyridine rings is 1. The van der Waals surface area contributed by atoms with E-state index in [1.54, 1.807) is 16.8 Å². The molecule has 0 aliphatic heterocycles. The molecule has 2 aromatic heterocycles. The van der Waals surface area contributed by atoms with E-state index in [1.807, 2.05) is 6.92 Å². The first kappa shape index (κ1) is 14.3. The van der Waals surface area contributed by atoms with E-state index in [0.717, 1.165) is 6.42 Å². The summed E-state index contributed by atoms with van der Waals surface area (Å²) in [5.41, 5.74) is 6.24. The minimum Gasteiger partial charge on any atom is -0.381 e. The second-order valence-electron chi connectivity index (χ2n) is 4.32. The summed E-state index contributed by atoms with van der Waals surface area (Å²) in [6, 6.07) is 3.23. The van der Waals surface area contributed by atoms with Crippen molar-refractivity contribution in [3.8, 4) is 0 Å². The fraction of sp³-hybridized carbons (Fsp3) is 0.333. The second-order valence-corrected chi connectivity index (χ2v) is 6.26. The number of hydrogen-bond donors (Lipinski definition) is 1. The highest BCUT2D eigenvalue weighted by Gasteiger charge is 2.26. The molecule has 0 unspecified atom stereocenters. The van der Waals surface area contributed by atoms with Gasteiger partial charge in [-0.25, -0.2) is 8.42 Å². The molecule has 0 amide bonds. The molecule has 2 rings (SSSR count). The molecule has 20 heavy (non-hydrogen) atoms. The fourth-order valence-electron chi connectivity index (χ4n) is 1.80. The molecule has 0 saturated carbocycles. The first-order chi connectivity index (χ1) is 9.46. The van der Waals surface area contributed by atoms with Gasteiger partial charge in [0, 0.05) is 32.2 Å². The molecule has 0 spiro atoms. The minimum atomic E-state index is -3.72. The van der Waals surface area contributed by atoms with Gasteiger partial charge in [-0.3, -0.25) is 14.0 Å². The van der Waals surface area contributed by atoms with Crippen LogP contribution >= 0.6 is 0 Å². The highest BCUT2D eigenvalue weighted by molar-refractivity contribution is 7.93. The van der Waals surface area contributed by atoms with Crippen molar-refractivity contribution in [2.24, 2.45) is 0 Å². The zero-order chi connectivity index (χ0) is 14.8. The van der Waals surface area contributed by atoms with Crippen LogP contribution in [0.1, 0.15) is 13.3 Å². The molecular weight excluding hydrogens is 278 g/mol. The van der Waals surface area contributed by atoms with E-state index in [-0.39, 0.29) is 10.7 Å². The smallest absolute Gasteiger partial charge is 0.269 e. The molecule has 0 saturated heterocycles. The minimum absolute atomic E-state index is 0.0133. The number of rotatable bonds is 5. The quantitative estimate of drug-likeness (QED) is 0.891. The Kier molecular flexibility index (Phi) is 3.93. The molecule has 2 N–H and O–H groups in total. The van der Waals surface area contributed by atoms with Gasteiger partial charge in [0.2, 0.25) is 0 Å². The van der Waals surface area contributed by atoms with Gasteiger partial charge in [-0.05, 0) is 18.6 Å². The number of sulfonamides is 1. The Bertz CT molecular complexity index is 681. The summed E-state index contributed by atoms with van der Waals surface area (Å²) in [5, 5.41) is 4.02. The monoisotopic (exact) mass is 295 g/mol. The van der Waals surface area contributed by atoms with E-state index in [4.69, 9.17) is 5.73 Å². The molecule has 0 aliphatic carbocycles. The summed E-state index contributed by atoms with van der Waals surface area (Å²) >= 11 is 0. The average molecular weight is 295 g/mol. The SMILES string of the molecule is CCCn1cc(S(=O)(=O)N(C)c2ccncc2)c(N)n1. The summed E-state index contributed by atoms with van der Waals surface area (Å²) in [6.07, 6.45) is 5.38. The Labute approximate surface area is 118 Å². The lowest BCUT2D eigenvalue weighted by Gasteiger charge is -2.18. The van der Waals surface area contributed by atoms with E-state index in [1.165, 1.54) is 29.9 Å². The predicted molar refractivity (Wildman–Crippen MR) is 76.8 cm³/mol. The van der Waals surface area contributed by atoms with Crippen LogP contribution in [0.15, 0.2) is 35.6 Å². The second kappa shape index (κ2) is 5.49. The summed E-state index contributed by atoms with van der Waals surface area (Å²) in [4.78, 5) is 3.88. The fourth-order valence-corrected chi connectivity index (χ4v) is 3.05. The molecule has 2 heterocycles. The summed E-state index contributed by atoms with van der Waals surface area (Å²) in [7, 11) is -2.25. The van der Waals surface area contributed by atoms with Crippen LogP contribution in [0.2, 0.25) is 0 Å². The molecule has 0 bridgehead atoms. The van der Waals surface area contributed by atoms with Crippen molar-refractivity contribution < 1.29 is 8.42 Å². The van der Waals surface area contributed by atoms with Gasteiger partial charge in [-0.2, -0.15) is 5.10 Å². The third kappa shape index (κ3) is 2.60. The van der Waals surface area contributed by atoms with E-state index in [9.17, 15) is 8.42 Å². The first-order valence-corrected chi connectivity index (χ1v) is 7.62. The number of nitrogen functional groups attached to an aromatic ring is 1. The molecule has 8 heteroatoms. The molecule has 0 aromatic carbocycles. The number of nitrogens with zero attached hydrogens (tertiary/aromatic N) is 4. The lowest BCUT2D eigenvalue weighted by Crippen LogP contribution is -2.26. The molecule has 7 nitrogen and oxygen atoms in total. The van der Waals surface area contributed by atoms with Crippen molar-refractivity contribution in [2.45, 2.75) is 24.8 Å². The third-order valence-electron chi connectivity index (χ3n) is 2.87. The van der Waals surface area contributed by atoms with Gasteiger partial charge in [0.25, 0.3) is 10.0 Å². The Balaban J connectivity index is 2.40. The molecule has 108 valence electrons. The molecule has 0 fully saturated rings. The molecule has 0 atom stereocenters. The van der Waals surface area contributed by atoms with E-state index < -0.39 is 10.0 Å². The zero-order valence-electron chi connectivity index (χ0n) is 11.4. The van der Waals surface area contributed by atoms with Crippen molar-refractivity contribution in [1.29, 1.82) is 0 Å². The summed E-state index contributed by atoms with van der Waals surface area (Å²) < 4.78 is 27.8. The topological polar surface area (TPSA) is 94.1 Å². The van der Waals surface area contributed by atoms with Crippen LogP contribution in [-0.2, 0) is 16.6 Å². The van der Waals surface area contributed by atoms with Crippen LogP contribution in [-0.4, -0.2) is 30.2 Å². The van der Waals surface area contributed by atoms with Crippen LogP contribution in [0, 0.1) is 0 Å². The number of aromatic nitrogens is 3. The molecular formula is C12H17N5O2S. The Morgan fingerprint density at radius 3 is 2.60 bits per heavy atom. The maximum Gasteiger partial charge on any atom is 0.269 e. The number of hydrogen-bond acceptors (Lipinski definition) is 5. The Morgan fingerprint density at radius 1 is 1.35 bits per heavy atom. The normalized spacial score (nSPS) is 11.5. The first-order valence-electron chi connectivity index (χ1n) is 6.18. The summed E-state index contributed by atoms with van der Waals surface area (Å²) in [5.74, 6) is 0.0133. The Morgan fingerprint density at radius 2 is 2.00 bits per heavy atom. The van der Waals surface area contributed by atoms with Crippen molar-refractivity contribution in [3.63, 3.8) is 0 Å². The van der Waals surface area contributed by atoms with Crippen LogP contribution < -0.4 is 10.0 Å². The van der Waals surface area contributed by atoms with Crippen LogP contribution in [0.4, 0.5) is 11.5 Å². The zero-order valence-corrected chi connectivity index (χ0v) is 12.2. The van der Waals surface area contributed by atoms with E-state index in [2.05, 4.69) is 10.1 Å². The van der Waals surface area contributed by atoms with Gasteiger partial charge < -0.3 is 5.73 Å². The largest absolute Gasteiger partial charge is 0.381 e. The van der Waals surface area contributed by atoms with Gasteiger partial charge >= 0.3 is 0 Å². The number of anilines is 2. The predicted octanol–water partition coefficient (Wildman–Crippen LogP) is 1.10. The van der Waals surface area contributed by atoms with Gasteiger partial charge in [-0.1, -0.05) is 6.92 Å². The number of aryl methyl sites for hydroxylation is 1. The summed E-state index contributed by atoms with van der Waals surface area (Å²) in [6.45, 7) is 2.60. The average Bonchev–Trinajstić information content (AvgIpc) is 2.81. The molecule has 2 aromatic rings. The van der Waals surface area contributed by atoms with Crippen molar-refractivity contribution in [3.05, 3.63) is 30.7 Å². The van der Waals surface area contributed by atoms with Crippen molar-refractivity contribution >= 4 is 21.5 Å². The lowest BCUT2D eigenvalue weighted by atomic mass is 10.4. The standard InChI is InChI=1S/C12H17N5O2S/c1-3-8-17-9-11(12(13)15-17)20(18,19)16(2)10-4-6-14-7-5-10/h4-7,9H,3,8H2,1-2H3,(H2,13,15). The van der Waals surface area contributed by atoms with Crippen molar-refractivity contribution in [1.82, 2.24) is 14.8 Å². The van der Waals surface area contributed by atoms with Crippen molar-refractivity contribution in [2.75, 3.05) is 17.1 Å². The Hall–Kier alpha value is -2.09. The number of nitrogens with two attached hydrogens (primary N) is 1. The van der Waals surface area contributed by atoms with E-state index >= 15 is 0 Å². The lowest BCUT2D eigenvalue weighted by molar-refractivity contribution is 0.590. The highest BCUT2D eigenvalue weighted by Crippen LogP contribution is 2.24. The third-order valence-corrected chi connectivity index (χ3v) is 4.67. The van der Waals surface area contributed by atoms with Gasteiger partial charge in [-0.15, -0.1) is 0 Å². The molecule has 0 aliphatic rings. The van der Waals surface area contributed by atoms with E-state index in [0.29, 0.717) is 12.2 Å².